The molecule has 4 aromatic carbocycles. The van der Waals surface area contributed by atoms with Crippen molar-refractivity contribution in [3.05, 3.63) is 130 Å². The van der Waals surface area contributed by atoms with Crippen LogP contribution < -0.4 is 29.6 Å². The summed E-state index contributed by atoms with van der Waals surface area (Å²) in [5.41, 5.74) is 3.90. The quantitative estimate of drug-likeness (QED) is 0.0924. The average Bonchev–Trinajstić information content (AvgIpc) is 3.57. The van der Waals surface area contributed by atoms with Gasteiger partial charge >= 0.3 is 53.1 Å². The molecule has 0 amide bonds. The van der Waals surface area contributed by atoms with Gasteiger partial charge in [-0.15, -0.1) is 0 Å². The van der Waals surface area contributed by atoms with Crippen molar-refractivity contribution in [3.63, 3.8) is 0 Å². The maximum absolute atomic E-state index is 12.9. The topological polar surface area (TPSA) is 194 Å². The number of methoxy groups -OCH3 is 1. The van der Waals surface area contributed by atoms with Crippen molar-refractivity contribution in [1.82, 2.24) is 0 Å². The Hall–Kier alpha value is -5.34. The molecule has 0 radical (unpaired) electrons. The predicted octanol–water partition coefficient (Wildman–Crippen LogP) is 3.19. The molecule has 0 saturated heterocycles. The number of esters is 1. The van der Waals surface area contributed by atoms with Crippen LogP contribution in [0.1, 0.15) is 43.4 Å². The molecule has 0 aliphatic carbocycles. The molecule has 49 heavy (non-hydrogen) atoms. The fourth-order valence-corrected chi connectivity index (χ4v) is 4.75. The van der Waals surface area contributed by atoms with Crippen molar-refractivity contribution in [2.45, 2.75) is 12.8 Å². The number of fused-ring (bicyclic) bond motifs is 2. The number of ketones is 2. The monoisotopic (exact) mass is 682 g/mol. The van der Waals surface area contributed by atoms with E-state index in [1.807, 2.05) is 0 Å². The number of hydrogen-bond acceptors (Lipinski definition) is 10. The van der Waals surface area contributed by atoms with Crippen LogP contribution in [-0.4, -0.2) is 51.4 Å². The number of carbonyl (C=O) groups excluding carboxylic acids is 3. The molecule has 246 valence electrons. The summed E-state index contributed by atoms with van der Waals surface area (Å²) in [5.74, 6) is -7.75. The summed E-state index contributed by atoms with van der Waals surface area (Å²) in [6, 6.07) is 22.0. The van der Waals surface area contributed by atoms with E-state index in [0.29, 0.717) is 18.2 Å². The summed E-state index contributed by atoms with van der Waals surface area (Å²) in [6.07, 6.45) is 1.00. The molecule has 14 heteroatoms. The first-order chi connectivity index (χ1) is 22.4. The molecule has 11 nitrogen and oxygen atoms in total. The Morgan fingerprint density at radius 2 is 1.00 bits per heavy atom. The Bertz CT molecular complexity index is 2150. The standard InChI is InChI=1S/C18H13FO5.C17H11FO5.Na.H2O/c1-23-18(22)16(21)17-15(20)13-9-11(4-7-14(13)24-17)8-10-2-5-12(19)6-3-10;18-11-4-1-9(2-5-11)7-10-3-6-13-12(8-10)14(19)16(23-13)15(20)17(21)22;;/h2-7,9,20H,8H2,1H3;1-6,8,19H,7H2,(H,21,22);;1H2/q;;+1;/p-1. The molecule has 0 unspecified atom stereocenters. The van der Waals surface area contributed by atoms with Crippen molar-refractivity contribution in [1.29, 1.82) is 0 Å². The molecular formula is C35H25F2NaO11. The number of rotatable bonds is 8. The summed E-state index contributed by atoms with van der Waals surface area (Å²) in [5, 5.41) is 29.5. The summed E-state index contributed by atoms with van der Waals surface area (Å²) >= 11 is 0. The molecule has 4 N–H and O–H groups in total. The van der Waals surface area contributed by atoms with E-state index < -0.39 is 46.5 Å². The van der Waals surface area contributed by atoms with E-state index in [1.54, 1.807) is 60.7 Å². The second-order valence-electron chi connectivity index (χ2n) is 10.3. The van der Waals surface area contributed by atoms with Gasteiger partial charge in [-0.05, 0) is 83.6 Å². The number of carbonyl (C=O) groups is 4. The fourth-order valence-electron chi connectivity index (χ4n) is 4.75. The van der Waals surface area contributed by atoms with Crippen molar-refractivity contribution >= 4 is 45.4 Å². The summed E-state index contributed by atoms with van der Waals surface area (Å²) in [4.78, 5) is 45.3. The number of aromatic hydroxyl groups is 2. The third-order valence-electron chi connectivity index (χ3n) is 7.07. The van der Waals surface area contributed by atoms with E-state index in [4.69, 9.17) is 13.9 Å². The zero-order chi connectivity index (χ0) is 33.8. The minimum Gasteiger partial charge on any atom is -0.870 e. The molecule has 2 heterocycles. The average molecular weight is 683 g/mol. The van der Waals surface area contributed by atoms with Gasteiger partial charge in [-0.2, -0.15) is 0 Å². The number of aliphatic carboxylic acids is 1. The maximum atomic E-state index is 12.9. The molecule has 0 aliphatic rings. The van der Waals surface area contributed by atoms with E-state index in [1.165, 1.54) is 24.3 Å². The van der Waals surface area contributed by atoms with Gasteiger partial charge in [-0.1, -0.05) is 36.4 Å². The van der Waals surface area contributed by atoms with Crippen LogP contribution in [0.25, 0.3) is 21.9 Å². The Kier molecular flexibility index (Phi) is 12.6. The molecule has 0 bridgehead atoms. The zero-order valence-electron chi connectivity index (χ0n) is 25.9. The van der Waals surface area contributed by atoms with Crippen LogP contribution in [0.3, 0.4) is 0 Å². The first-order valence-electron chi connectivity index (χ1n) is 13.8. The van der Waals surface area contributed by atoms with E-state index in [0.717, 1.165) is 29.4 Å². The maximum Gasteiger partial charge on any atom is 1.00 e. The van der Waals surface area contributed by atoms with Gasteiger partial charge in [0.15, 0.2) is 11.5 Å². The minimum absolute atomic E-state index is 0. The largest absolute Gasteiger partial charge is 1.00 e. The Morgan fingerprint density at radius 3 is 1.37 bits per heavy atom. The minimum atomic E-state index is -1.70. The molecule has 2 aromatic heterocycles. The van der Waals surface area contributed by atoms with Crippen LogP contribution in [0, 0.1) is 11.6 Å². The van der Waals surface area contributed by atoms with Crippen molar-refractivity contribution < 1.29 is 91.9 Å². The number of carboxylic acid groups (broad SMARTS) is 1. The molecule has 0 atom stereocenters. The third kappa shape index (κ3) is 8.58. The van der Waals surface area contributed by atoms with Crippen LogP contribution >= 0.6 is 0 Å². The Morgan fingerprint density at radius 1 is 0.633 bits per heavy atom. The molecular weight excluding hydrogens is 657 g/mol. The van der Waals surface area contributed by atoms with Crippen LogP contribution in [0.5, 0.6) is 11.5 Å². The summed E-state index contributed by atoms with van der Waals surface area (Å²) in [7, 11) is 1.07. The summed E-state index contributed by atoms with van der Waals surface area (Å²) in [6.45, 7) is 0. The zero-order valence-corrected chi connectivity index (χ0v) is 27.9. The van der Waals surface area contributed by atoms with Gasteiger partial charge in [0.1, 0.15) is 22.8 Å². The van der Waals surface area contributed by atoms with Gasteiger partial charge < -0.3 is 34.4 Å². The number of Topliss-reactive ketones (excluding diaryl/α,β-unsaturated/α-hetero) is 2. The molecule has 6 aromatic rings. The fraction of sp³-hybridized carbons (Fsp3) is 0.0857. The summed E-state index contributed by atoms with van der Waals surface area (Å²) < 4.78 is 40.6. The number of halogens is 2. The van der Waals surface area contributed by atoms with Gasteiger partial charge in [-0.3, -0.25) is 9.59 Å². The number of hydrogen-bond donors (Lipinski definition) is 3. The van der Waals surface area contributed by atoms with E-state index >= 15 is 0 Å². The van der Waals surface area contributed by atoms with E-state index in [9.17, 15) is 38.2 Å². The molecule has 6 rings (SSSR count). The van der Waals surface area contributed by atoms with Crippen molar-refractivity contribution in [3.8, 4) is 11.5 Å². The van der Waals surface area contributed by atoms with Gasteiger partial charge in [0.05, 0.1) is 17.9 Å². The second-order valence-corrected chi connectivity index (χ2v) is 10.3. The van der Waals surface area contributed by atoms with Crippen molar-refractivity contribution in [2.24, 2.45) is 0 Å². The van der Waals surface area contributed by atoms with Crippen LogP contribution in [0.4, 0.5) is 8.78 Å². The van der Waals surface area contributed by atoms with Crippen LogP contribution in [0.15, 0.2) is 93.8 Å². The Balaban J connectivity index is 0.000000255. The number of carboxylic acids is 1. The normalized spacial score (nSPS) is 10.3. The van der Waals surface area contributed by atoms with E-state index in [-0.39, 0.29) is 63.2 Å². The van der Waals surface area contributed by atoms with Gasteiger partial charge in [-0.25, -0.2) is 18.4 Å². The number of benzene rings is 4. The molecule has 0 aliphatic heterocycles. The van der Waals surface area contributed by atoms with Crippen LogP contribution in [-0.2, 0) is 27.2 Å². The van der Waals surface area contributed by atoms with Crippen LogP contribution in [0.2, 0.25) is 0 Å². The second kappa shape index (κ2) is 16.2. The number of ether oxygens (including phenoxy) is 1. The SMILES string of the molecule is COC(=O)C(=O)c1oc2ccc(Cc3ccc(F)cc3)cc2c1O.O=C(O)C(=O)c1oc2ccc(Cc3ccc(F)cc3)cc2c1O.[Na+].[OH-]. The third-order valence-corrected chi connectivity index (χ3v) is 7.07. The smallest absolute Gasteiger partial charge is 0.870 e. The first-order valence-corrected chi connectivity index (χ1v) is 13.8. The van der Waals surface area contributed by atoms with Gasteiger partial charge in [0.2, 0.25) is 11.5 Å². The van der Waals surface area contributed by atoms with Gasteiger partial charge in [0.25, 0.3) is 0 Å². The van der Waals surface area contributed by atoms with Crippen molar-refractivity contribution in [2.75, 3.05) is 7.11 Å². The predicted molar refractivity (Wildman–Crippen MR) is 164 cm³/mol. The first kappa shape index (κ1) is 38.1. The van der Waals surface area contributed by atoms with Gasteiger partial charge in [0, 0.05) is 0 Å². The number of furan rings is 2. The molecule has 0 fully saturated rings. The molecule has 0 saturated carbocycles. The van der Waals surface area contributed by atoms with E-state index in [2.05, 4.69) is 4.74 Å². The molecule has 0 spiro atoms. The Labute approximate surface area is 297 Å².